The molecule has 1 N–H and O–H groups in total. The van der Waals surface area contributed by atoms with Crippen molar-refractivity contribution in [1.82, 2.24) is 5.43 Å². The molecule has 0 unspecified atom stereocenters. The van der Waals surface area contributed by atoms with Crippen molar-refractivity contribution >= 4 is 33.5 Å². The molecule has 0 aliphatic heterocycles. The number of anilines is 1. The van der Waals surface area contributed by atoms with E-state index in [0.29, 0.717) is 11.3 Å². The van der Waals surface area contributed by atoms with E-state index >= 15 is 0 Å². The number of non-ortho nitro benzene ring substituents is 1. The highest BCUT2D eigenvalue weighted by Crippen LogP contribution is 2.17. The van der Waals surface area contributed by atoms with Gasteiger partial charge in [-0.25, -0.2) is 13.8 Å². The number of nitrogens with one attached hydrogen (secondary N) is 1. The summed E-state index contributed by atoms with van der Waals surface area (Å²) in [6, 6.07) is 12.3. The Labute approximate surface area is 156 Å². The topological polar surface area (TPSA) is 122 Å². The fraction of sp³-hybridized carbons (Fsp3) is 0.176. The second-order valence-electron chi connectivity index (χ2n) is 5.75. The summed E-state index contributed by atoms with van der Waals surface area (Å²) in [4.78, 5) is 22.1. The van der Waals surface area contributed by atoms with Crippen molar-refractivity contribution in [2.45, 2.75) is 6.92 Å². The molecule has 0 fully saturated rings. The summed E-state index contributed by atoms with van der Waals surface area (Å²) in [5.74, 6) is -0.626. The second-order valence-corrected chi connectivity index (χ2v) is 7.65. The lowest BCUT2D eigenvalue weighted by Crippen LogP contribution is -2.39. The van der Waals surface area contributed by atoms with Crippen LogP contribution in [0.1, 0.15) is 11.1 Å². The van der Waals surface area contributed by atoms with Crippen LogP contribution in [-0.2, 0) is 14.8 Å². The van der Waals surface area contributed by atoms with Crippen molar-refractivity contribution in [2.75, 3.05) is 17.1 Å². The fourth-order valence-corrected chi connectivity index (χ4v) is 2.99. The van der Waals surface area contributed by atoms with Gasteiger partial charge in [0.1, 0.15) is 6.54 Å². The summed E-state index contributed by atoms with van der Waals surface area (Å²) >= 11 is 0. The monoisotopic (exact) mass is 390 g/mol. The van der Waals surface area contributed by atoms with Gasteiger partial charge in [-0.05, 0) is 36.8 Å². The normalized spacial score (nSPS) is 11.3. The molecule has 1 amide bonds. The van der Waals surface area contributed by atoms with Crippen LogP contribution in [0.2, 0.25) is 0 Å². The number of rotatable bonds is 7. The fourth-order valence-electron chi connectivity index (χ4n) is 2.14. The lowest BCUT2D eigenvalue weighted by molar-refractivity contribution is -0.384. The standard InChI is InChI=1S/C17H18N4O5S/c1-13-3-7-15(8-4-13)20(27(2,25)26)12-17(22)19-18-11-14-5-9-16(10-6-14)21(23)24/h3-11H,12H2,1-2H3,(H,19,22)/b18-11-. The van der Waals surface area contributed by atoms with E-state index in [9.17, 15) is 23.3 Å². The van der Waals surface area contributed by atoms with Gasteiger partial charge in [-0.1, -0.05) is 17.7 Å². The van der Waals surface area contributed by atoms with Gasteiger partial charge in [0.25, 0.3) is 11.6 Å². The highest BCUT2D eigenvalue weighted by molar-refractivity contribution is 7.92. The molecule has 142 valence electrons. The second kappa shape index (κ2) is 8.41. The Balaban J connectivity index is 2.03. The van der Waals surface area contributed by atoms with Gasteiger partial charge in [0.15, 0.2) is 0 Å². The number of carbonyl (C=O) groups excluding carboxylic acids is 1. The molecule has 9 nitrogen and oxygen atoms in total. The van der Waals surface area contributed by atoms with Gasteiger partial charge in [-0.15, -0.1) is 0 Å². The minimum Gasteiger partial charge on any atom is -0.271 e. The Hall–Kier alpha value is -3.27. The van der Waals surface area contributed by atoms with E-state index in [1.165, 1.54) is 30.5 Å². The van der Waals surface area contributed by atoms with Crippen LogP contribution in [0.15, 0.2) is 53.6 Å². The summed E-state index contributed by atoms with van der Waals surface area (Å²) < 4.78 is 24.9. The summed E-state index contributed by atoms with van der Waals surface area (Å²) in [5, 5.41) is 14.3. The third-order valence-corrected chi connectivity index (χ3v) is 4.66. The number of nitro groups is 1. The average Bonchev–Trinajstić information content (AvgIpc) is 2.60. The smallest absolute Gasteiger partial charge is 0.269 e. The van der Waals surface area contributed by atoms with Gasteiger partial charge in [0, 0.05) is 12.1 Å². The minimum absolute atomic E-state index is 0.0573. The zero-order chi connectivity index (χ0) is 20.0. The van der Waals surface area contributed by atoms with Crippen LogP contribution in [0.5, 0.6) is 0 Å². The molecule has 2 aromatic carbocycles. The Morgan fingerprint density at radius 1 is 1.19 bits per heavy atom. The van der Waals surface area contributed by atoms with Gasteiger partial charge in [-0.2, -0.15) is 5.10 Å². The molecule has 0 saturated carbocycles. The summed E-state index contributed by atoms with van der Waals surface area (Å²) in [5.41, 5.74) is 4.06. The van der Waals surface area contributed by atoms with E-state index in [4.69, 9.17) is 0 Å². The SMILES string of the molecule is Cc1ccc(N(CC(=O)N/N=C\c2ccc([N+](=O)[O-])cc2)S(C)(=O)=O)cc1. The molecule has 0 aromatic heterocycles. The highest BCUT2D eigenvalue weighted by atomic mass is 32.2. The first kappa shape index (κ1) is 20.0. The highest BCUT2D eigenvalue weighted by Gasteiger charge is 2.20. The molecule has 2 rings (SSSR count). The van der Waals surface area contributed by atoms with Gasteiger partial charge in [0.2, 0.25) is 10.0 Å². The predicted octanol–water partition coefficient (Wildman–Crippen LogP) is 1.82. The Morgan fingerprint density at radius 3 is 2.30 bits per heavy atom. The number of sulfonamides is 1. The predicted molar refractivity (Wildman–Crippen MR) is 102 cm³/mol. The van der Waals surface area contributed by atoms with Crippen LogP contribution in [-0.4, -0.2) is 38.3 Å². The van der Waals surface area contributed by atoms with Crippen molar-refractivity contribution < 1.29 is 18.1 Å². The molecule has 0 radical (unpaired) electrons. The quantitative estimate of drug-likeness (QED) is 0.439. The summed E-state index contributed by atoms with van der Waals surface area (Å²) in [7, 11) is -3.66. The first-order valence-corrected chi connectivity index (χ1v) is 9.62. The summed E-state index contributed by atoms with van der Waals surface area (Å²) in [6.45, 7) is 1.44. The van der Waals surface area contributed by atoms with Crippen LogP contribution in [0.25, 0.3) is 0 Å². The van der Waals surface area contributed by atoms with E-state index in [1.807, 2.05) is 6.92 Å². The molecule has 27 heavy (non-hydrogen) atoms. The summed E-state index contributed by atoms with van der Waals surface area (Å²) in [6.07, 6.45) is 2.32. The molecular weight excluding hydrogens is 372 g/mol. The van der Waals surface area contributed by atoms with E-state index in [2.05, 4.69) is 10.5 Å². The molecular formula is C17H18N4O5S. The van der Waals surface area contributed by atoms with Crippen molar-refractivity contribution in [1.29, 1.82) is 0 Å². The van der Waals surface area contributed by atoms with Crippen molar-refractivity contribution in [2.24, 2.45) is 5.10 Å². The number of amides is 1. The first-order valence-electron chi connectivity index (χ1n) is 7.77. The zero-order valence-corrected chi connectivity index (χ0v) is 15.5. The maximum Gasteiger partial charge on any atom is 0.269 e. The van der Waals surface area contributed by atoms with E-state index in [0.717, 1.165) is 16.1 Å². The first-order chi connectivity index (χ1) is 12.7. The van der Waals surface area contributed by atoms with Crippen LogP contribution >= 0.6 is 0 Å². The van der Waals surface area contributed by atoms with Crippen LogP contribution < -0.4 is 9.73 Å². The molecule has 0 atom stereocenters. The van der Waals surface area contributed by atoms with Gasteiger partial charge < -0.3 is 0 Å². The number of nitro benzene ring substituents is 1. The van der Waals surface area contributed by atoms with Gasteiger partial charge in [0.05, 0.1) is 23.1 Å². The maximum absolute atomic E-state index is 12.1. The van der Waals surface area contributed by atoms with E-state index in [-0.39, 0.29) is 5.69 Å². The van der Waals surface area contributed by atoms with Gasteiger partial charge in [-0.3, -0.25) is 19.2 Å². The van der Waals surface area contributed by atoms with Crippen molar-refractivity contribution in [3.63, 3.8) is 0 Å². The van der Waals surface area contributed by atoms with Crippen LogP contribution in [0.3, 0.4) is 0 Å². The lowest BCUT2D eigenvalue weighted by atomic mass is 10.2. The third-order valence-electron chi connectivity index (χ3n) is 3.52. The largest absolute Gasteiger partial charge is 0.271 e. The molecule has 0 saturated heterocycles. The van der Waals surface area contributed by atoms with Crippen molar-refractivity contribution in [3.05, 3.63) is 69.8 Å². The number of carbonyl (C=O) groups is 1. The maximum atomic E-state index is 12.1. The van der Waals surface area contributed by atoms with E-state index < -0.39 is 27.4 Å². The molecule has 0 spiro atoms. The molecule has 10 heteroatoms. The average molecular weight is 390 g/mol. The Kier molecular flexibility index (Phi) is 6.24. The number of hydrazone groups is 1. The third kappa shape index (κ3) is 5.89. The van der Waals surface area contributed by atoms with Crippen LogP contribution in [0, 0.1) is 17.0 Å². The minimum atomic E-state index is -3.66. The number of nitrogens with zero attached hydrogens (tertiary/aromatic N) is 3. The number of benzene rings is 2. The molecule has 0 bridgehead atoms. The van der Waals surface area contributed by atoms with Crippen molar-refractivity contribution in [3.8, 4) is 0 Å². The van der Waals surface area contributed by atoms with Crippen LogP contribution in [0.4, 0.5) is 11.4 Å². The molecule has 2 aromatic rings. The number of hydrogen-bond acceptors (Lipinski definition) is 6. The lowest BCUT2D eigenvalue weighted by Gasteiger charge is -2.21. The molecule has 0 aliphatic carbocycles. The molecule has 0 heterocycles. The zero-order valence-electron chi connectivity index (χ0n) is 14.7. The van der Waals surface area contributed by atoms with Gasteiger partial charge >= 0.3 is 0 Å². The Morgan fingerprint density at radius 2 is 1.78 bits per heavy atom. The number of hydrogen-bond donors (Lipinski definition) is 1. The number of aryl methyl sites for hydroxylation is 1. The Bertz CT molecular complexity index is 954. The van der Waals surface area contributed by atoms with E-state index in [1.54, 1.807) is 24.3 Å². The molecule has 0 aliphatic rings.